The third kappa shape index (κ3) is 8.69. The van der Waals surface area contributed by atoms with Crippen LogP contribution in [0.2, 0.25) is 0 Å². The Bertz CT molecular complexity index is 1380. The smallest absolute Gasteiger partial charge is 0.336 e. The Balaban J connectivity index is 1.59. The van der Waals surface area contributed by atoms with Crippen molar-refractivity contribution in [1.29, 1.82) is 0 Å². The Kier molecular flexibility index (Phi) is 13.1. The van der Waals surface area contributed by atoms with E-state index in [0.717, 1.165) is 56.1 Å². The maximum Gasteiger partial charge on any atom is 0.336 e. The van der Waals surface area contributed by atoms with Gasteiger partial charge in [0, 0.05) is 57.3 Å². The molecule has 1 fully saturated rings. The Morgan fingerprint density at radius 2 is 1.43 bits per heavy atom. The Hall–Kier alpha value is -3.86. The van der Waals surface area contributed by atoms with Crippen LogP contribution in [0.4, 0.5) is 0 Å². The molecule has 1 unspecified atom stereocenters. The number of hydrogen-bond acceptors (Lipinski definition) is 10. The number of methoxy groups -OCH3 is 3. The number of ether oxygens (including phenoxy) is 5. The topological polar surface area (TPSA) is 90.0 Å². The fraction of sp³-hybridized carbons (Fsp3) is 0.500. The number of esters is 2. The van der Waals surface area contributed by atoms with E-state index < -0.39 is 17.9 Å². The molecule has 0 radical (unpaired) electrons. The van der Waals surface area contributed by atoms with E-state index in [1.807, 2.05) is 55.1 Å². The Morgan fingerprint density at radius 3 is 2.09 bits per heavy atom. The average molecular weight is 636 g/mol. The van der Waals surface area contributed by atoms with Crippen LogP contribution >= 0.6 is 0 Å². The molecular weight excluding hydrogens is 586 g/mol. The molecule has 0 aliphatic carbocycles. The molecule has 1 saturated heterocycles. The first-order chi connectivity index (χ1) is 22.3. The first kappa shape index (κ1) is 35.0. The quantitative estimate of drug-likeness (QED) is 0.204. The highest BCUT2D eigenvalue weighted by molar-refractivity contribution is 6.00. The second kappa shape index (κ2) is 17.2. The zero-order chi connectivity index (χ0) is 33.1. The number of nitrogens with zero attached hydrogens (tertiary/aromatic N) is 3. The lowest BCUT2D eigenvalue weighted by Gasteiger charge is -2.38. The summed E-state index contributed by atoms with van der Waals surface area (Å²) in [6.45, 7) is 10.6. The van der Waals surface area contributed by atoms with Crippen molar-refractivity contribution < 1.29 is 33.3 Å². The summed E-state index contributed by atoms with van der Waals surface area (Å²) in [5, 5.41) is 0. The van der Waals surface area contributed by atoms with Gasteiger partial charge in [-0.15, -0.1) is 0 Å². The molecule has 2 aromatic carbocycles. The van der Waals surface area contributed by atoms with Gasteiger partial charge in [0.2, 0.25) is 0 Å². The number of carbonyl (C=O) groups is 2. The summed E-state index contributed by atoms with van der Waals surface area (Å²) in [6.07, 6.45) is 1.41. The summed E-state index contributed by atoms with van der Waals surface area (Å²) < 4.78 is 28.2. The van der Waals surface area contributed by atoms with Crippen molar-refractivity contribution in [3.63, 3.8) is 0 Å². The lowest BCUT2D eigenvalue weighted by atomic mass is 9.79. The van der Waals surface area contributed by atoms with Crippen LogP contribution in [0.1, 0.15) is 43.7 Å². The van der Waals surface area contributed by atoms with Gasteiger partial charge in [0.05, 0.1) is 51.6 Å². The van der Waals surface area contributed by atoms with E-state index >= 15 is 0 Å². The van der Waals surface area contributed by atoms with Gasteiger partial charge >= 0.3 is 11.9 Å². The number of piperazine rings is 1. The van der Waals surface area contributed by atoms with Gasteiger partial charge in [-0.3, -0.25) is 0 Å². The first-order valence-electron chi connectivity index (χ1n) is 16.0. The molecule has 0 amide bonds. The molecule has 2 aliphatic rings. The van der Waals surface area contributed by atoms with Crippen LogP contribution in [0.3, 0.4) is 0 Å². The van der Waals surface area contributed by atoms with E-state index in [1.54, 1.807) is 26.4 Å². The van der Waals surface area contributed by atoms with Gasteiger partial charge in [0.25, 0.3) is 0 Å². The van der Waals surface area contributed by atoms with E-state index in [0.29, 0.717) is 54.4 Å². The minimum Gasteiger partial charge on any atom is -0.493 e. The highest BCUT2D eigenvalue weighted by Gasteiger charge is 2.40. The first-order valence-corrected chi connectivity index (χ1v) is 16.0. The van der Waals surface area contributed by atoms with Crippen molar-refractivity contribution in [2.45, 2.75) is 39.2 Å². The monoisotopic (exact) mass is 635 g/mol. The molecule has 2 heterocycles. The second-order valence-electron chi connectivity index (χ2n) is 11.7. The second-order valence-corrected chi connectivity index (χ2v) is 11.7. The molecule has 10 heteroatoms. The average Bonchev–Trinajstić information content (AvgIpc) is 3.08. The maximum absolute atomic E-state index is 14.0. The predicted octanol–water partition coefficient (Wildman–Crippen LogP) is 4.61. The normalized spacial score (nSPS) is 17.7. The lowest BCUT2D eigenvalue weighted by Crippen LogP contribution is -2.44. The summed E-state index contributed by atoms with van der Waals surface area (Å²) in [5.41, 5.74) is 4.05. The number of hydrogen-bond donors (Lipinski definition) is 0. The SMILES string of the molecule is COC(=O)C1=C(C)N(CCCOCc2ccccc2)C(C)=C(C(=O)OCCCN2CCN(C)CC2)C1c1ccc(OC)c(OC)c1. The van der Waals surface area contributed by atoms with Crippen molar-refractivity contribution in [2.75, 3.05) is 80.9 Å². The highest BCUT2D eigenvalue weighted by Crippen LogP contribution is 2.44. The third-order valence-electron chi connectivity index (χ3n) is 8.76. The molecule has 4 rings (SSSR count). The zero-order valence-corrected chi connectivity index (χ0v) is 28.2. The molecule has 2 aromatic rings. The van der Waals surface area contributed by atoms with E-state index in [1.165, 1.54) is 7.11 Å². The number of rotatable bonds is 15. The van der Waals surface area contributed by atoms with Gasteiger partial charge in [-0.05, 0) is 57.0 Å². The molecule has 46 heavy (non-hydrogen) atoms. The van der Waals surface area contributed by atoms with Crippen LogP contribution in [-0.4, -0.2) is 107 Å². The fourth-order valence-electron chi connectivity index (χ4n) is 6.14. The summed E-state index contributed by atoms with van der Waals surface area (Å²) in [5.74, 6) is -0.626. The summed E-state index contributed by atoms with van der Waals surface area (Å²) in [7, 11) is 6.62. The predicted molar refractivity (Wildman–Crippen MR) is 177 cm³/mol. The van der Waals surface area contributed by atoms with Crippen molar-refractivity contribution in [3.05, 3.63) is 82.2 Å². The van der Waals surface area contributed by atoms with Gasteiger partial charge in [-0.1, -0.05) is 36.4 Å². The molecular formula is C36H49N3O7. The molecule has 2 aliphatic heterocycles. The molecule has 1 atom stereocenters. The molecule has 0 N–H and O–H groups in total. The van der Waals surface area contributed by atoms with Crippen LogP contribution in [0, 0.1) is 0 Å². The van der Waals surface area contributed by atoms with E-state index in [2.05, 4.69) is 16.8 Å². The van der Waals surface area contributed by atoms with Crippen molar-refractivity contribution >= 4 is 11.9 Å². The van der Waals surface area contributed by atoms with Crippen molar-refractivity contribution in [2.24, 2.45) is 0 Å². The standard InChI is InChI=1S/C36H49N3O7/c1-26-32(35(40)44-6)34(29-14-15-30(42-4)31(24-29)43-5)33(36(41)46-23-10-16-38-20-18-37(3)19-21-38)27(2)39(26)17-11-22-45-25-28-12-8-7-9-13-28/h7-9,12-15,24,34H,10-11,16-23,25H2,1-6H3. The van der Waals surface area contributed by atoms with Gasteiger partial charge in [-0.2, -0.15) is 0 Å². The minimum atomic E-state index is -0.719. The molecule has 250 valence electrons. The lowest BCUT2D eigenvalue weighted by molar-refractivity contribution is -0.139. The summed E-state index contributed by atoms with van der Waals surface area (Å²) >= 11 is 0. The molecule has 0 saturated carbocycles. The summed E-state index contributed by atoms with van der Waals surface area (Å²) in [4.78, 5) is 34.2. The third-order valence-corrected chi connectivity index (χ3v) is 8.76. The Morgan fingerprint density at radius 1 is 0.783 bits per heavy atom. The summed E-state index contributed by atoms with van der Waals surface area (Å²) in [6, 6.07) is 15.5. The van der Waals surface area contributed by atoms with Crippen LogP contribution in [0.15, 0.2) is 71.1 Å². The van der Waals surface area contributed by atoms with Crippen molar-refractivity contribution in [3.8, 4) is 11.5 Å². The van der Waals surface area contributed by atoms with E-state index in [-0.39, 0.29) is 6.61 Å². The van der Waals surface area contributed by atoms with Gasteiger partial charge in [0.1, 0.15) is 0 Å². The van der Waals surface area contributed by atoms with E-state index in [4.69, 9.17) is 23.7 Å². The number of likely N-dealkylation sites (N-methyl/N-ethyl adjacent to an activating group) is 1. The fourth-order valence-corrected chi connectivity index (χ4v) is 6.14. The van der Waals surface area contributed by atoms with Gasteiger partial charge < -0.3 is 38.4 Å². The van der Waals surface area contributed by atoms with Crippen molar-refractivity contribution in [1.82, 2.24) is 14.7 Å². The van der Waals surface area contributed by atoms with Crippen LogP contribution in [-0.2, 0) is 30.4 Å². The largest absolute Gasteiger partial charge is 0.493 e. The maximum atomic E-state index is 14.0. The number of benzene rings is 2. The molecule has 0 aromatic heterocycles. The van der Waals surface area contributed by atoms with Gasteiger partial charge in [-0.25, -0.2) is 9.59 Å². The molecule has 10 nitrogen and oxygen atoms in total. The van der Waals surface area contributed by atoms with Gasteiger partial charge in [0.15, 0.2) is 11.5 Å². The zero-order valence-electron chi connectivity index (χ0n) is 28.2. The number of carbonyl (C=O) groups excluding carboxylic acids is 2. The van der Waals surface area contributed by atoms with Crippen LogP contribution in [0.5, 0.6) is 11.5 Å². The Labute approximate surface area is 273 Å². The number of allylic oxidation sites excluding steroid dienone is 2. The van der Waals surface area contributed by atoms with Crippen LogP contribution < -0.4 is 9.47 Å². The minimum absolute atomic E-state index is 0.282. The molecule has 0 bridgehead atoms. The highest BCUT2D eigenvalue weighted by atomic mass is 16.5. The van der Waals surface area contributed by atoms with E-state index in [9.17, 15) is 9.59 Å². The molecule has 0 spiro atoms. The van der Waals surface area contributed by atoms with Crippen LogP contribution in [0.25, 0.3) is 0 Å².